The number of halogens is 3. The van der Waals surface area contributed by atoms with Crippen LogP contribution in [0, 0.1) is 0 Å². The number of rotatable bonds is 14. The number of carboxylic acids is 1. The Balaban J connectivity index is 1.67. The molecule has 2 N–H and O–H groups in total. The number of hydrogen-bond donors (Lipinski definition) is 2. The molecule has 3 rings (SSSR count). The first kappa shape index (κ1) is 33.4. The van der Waals surface area contributed by atoms with Gasteiger partial charge in [-0.1, -0.05) is 94.5 Å². The number of carboxylic acid groups (broad SMARTS) is 1. The lowest BCUT2D eigenvalue weighted by molar-refractivity contribution is -0.157. The molecule has 9 heteroatoms. The predicted octanol–water partition coefficient (Wildman–Crippen LogP) is 8.03. The fourth-order valence-electron chi connectivity index (χ4n) is 5.00. The van der Waals surface area contributed by atoms with Crippen molar-refractivity contribution in [2.24, 2.45) is 0 Å². The Kier molecular flexibility index (Phi) is 12.3. The van der Waals surface area contributed by atoms with Gasteiger partial charge in [-0.3, -0.25) is 9.59 Å². The number of carbonyl (C=O) groups excluding carboxylic acids is 2. The number of nitrogens with zero attached hydrogens (tertiary/aromatic N) is 1. The number of benzene rings is 3. The fourth-order valence-corrected chi connectivity index (χ4v) is 5.00. The summed E-state index contributed by atoms with van der Waals surface area (Å²) in [5, 5.41) is 12.4. The molecule has 1 atom stereocenters. The van der Waals surface area contributed by atoms with Gasteiger partial charge < -0.3 is 15.3 Å². The van der Waals surface area contributed by atoms with E-state index < -0.39 is 29.7 Å². The molecule has 0 bridgehead atoms. The quantitative estimate of drug-likeness (QED) is 0.146. The Bertz CT molecular complexity index is 1340. The summed E-state index contributed by atoms with van der Waals surface area (Å²) in [6.07, 6.45) is 2.73. The third kappa shape index (κ3) is 9.70. The molecule has 3 aromatic rings. The van der Waals surface area contributed by atoms with E-state index in [4.69, 9.17) is 0 Å². The lowest BCUT2D eigenvalue weighted by atomic mass is 9.99. The maximum absolute atomic E-state index is 13.0. The number of carbonyl (C=O) groups is 3. The molecule has 0 fully saturated rings. The van der Waals surface area contributed by atoms with Crippen molar-refractivity contribution in [2.75, 3.05) is 6.54 Å². The normalized spacial score (nSPS) is 12.0. The van der Waals surface area contributed by atoms with Gasteiger partial charge in [-0.25, -0.2) is 4.79 Å². The van der Waals surface area contributed by atoms with E-state index in [1.54, 1.807) is 31.2 Å². The van der Waals surface area contributed by atoms with Gasteiger partial charge >= 0.3 is 18.1 Å². The van der Waals surface area contributed by atoms with Crippen LogP contribution in [-0.4, -0.2) is 34.3 Å². The molecule has 0 radical (unpaired) electrons. The van der Waals surface area contributed by atoms with E-state index in [1.165, 1.54) is 42.7 Å². The van der Waals surface area contributed by atoms with Crippen molar-refractivity contribution in [1.82, 2.24) is 10.2 Å². The summed E-state index contributed by atoms with van der Waals surface area (Å²) in [7, 11) is 0. The summed E-state index contributed by atoms with van der Waals surface area (Å²) in [5.74, 6) is -2.89. The Hall–Kier alpha value is -4.14. The third-order valence-electron chi connectivity index (χ3n) is 7.43. The molecule has 0 aromatic heterocycles. The fraction of sp³-hybridized carbons (Fsp3) is 0.382. The van der Waals surface area contributed by atoms with Crippen LogP contribution < -0.4 is 5.32 Å². The minimum Gasteiger partial charge on any atom is -0.474 e. The summed E-state index contributed by atoms with van der Waals surface area (Å²) in [5.41, 5.74) is 2.58. The summed E-state index contributed by atoms with van der Waals surface area (Å²) in [6, 6.07) is 18.2. The molecule has 0 saturated carbocycles. The molecule has 0 saturated heterocycles. The molecular formula is C34H39F3N2O4. The van der Waals surface area contributed by atoms with Crippen molar-refractivity contribution in [2.45, 2.75) is 77.6 Å². The summed E-state index contributed by atoms with van der Waals surface area (Å²) < 4.78 is 39.1. The summed E-state index contributed by atoms with van der Waals surface area (Å²) in [4.78, 5) is 38.0. The molecule has 0 aliphatic rings. The van der Waals surface area contributed by atoms with E-state index in [0.29, 0.717) is 29.7 Å². The molecule has 0 aliphatic carbocycles. The first-order valence-electron chi connectivity index (χ1n) is 14.7. The van der Waals surface area contributed by atoms with Gasteiger partial charge in [0, 0.05) is 18.7 Å². The number of nitrogens with one attached hydrogen (secondary N) is 1. The van der Waals surface area contributed by atoms with Crippen LogP contribution in [0.15, 0.2) is 72.8 Å². The SMILES string of the molecule is CCCCCCCCNC(=O)c1ccc(-c2ccc(CN(C(=O)C(=O)O)C(CC)c3ccc(C(F)(F)F)cc3)cc2)cc1. The van der Waals surface area contributed by atoms with Gasteiger partial charge in [0.2, 0.25) is 0 Å². The van der Waals surface area contributed by atoms with Crippen LogP contribution >= 0.6 is 0 Å². The van der Waals surface area contributed by atoms with Crippen molar-refractivity contribution in [3.8, 4) is 11.1 Å². The van der Waals surface area contributed by atoms with Gasteiger partial charge in [-0.2, -0.15) is 13.2 Å². The summed E-state index contributed by atoms with van der Waals surface area (Å²) >= 11 is 0. The maximum atomic E-state index is 13.0. The zero-order valence-electron chi connectivity index (χ0n) is 24.6. The van der Waals surface area contributed by atoms with Crippen LogP contribution in [0.3, 0.4) is 0 Å². The maximum Gasteiger partial charge on any atom is 0.416 e. The average Bonchev–Trinajstić information content (AvgIpc) is 3.00. The number of hydrogen-bond acceptors (Lipinski definition) is 3. The van der Waals surface area contributed by atoms with Gasteiger partial charge in [0.15, 0.2) is 0 Å². The molecular weight excluding hydrogens is 557 g/mol. The molecule has 0 spiro atoms. The minimum absolute atomic E-state index is 0.0390. The monoisotopic (exact) mass is 596 g/mol. The first-order valence-corrected chi connectivity index (χ1v) is 14.7. The molecule has 43 heavy (non-hydrogen) atoms. The van der Waals surface area contributed by atoms with Crippen molar-refractivity contribution in [3.05, 3.63) is 95.1 Å². The Morgan fingerprint density at radius 2 is 1.35 bits per heavy atom. The zero-order valence-corrected chi connectivity index (χ0v) is 24.6. The van der Waals surface area contributed by atoms with Gasteiger partial charge in [0.25, 0.3) is 5.91 Å². The van der Waals surface area contributed by atoms with Crippen molar-refractivity contribution >= 4 is 17.8 Å². The number of aliphatic carboxylic acids is 1. The number of unbranched alkanes of at least 4 members (excludes halogenated alkanes) is 5. The third-order valence-corrected chi connectivity index (χ3v) is 7.43. The van der Waals surface area contributed by atoms with Crippen molar-refractivity contribution < 1.29 is 32.7 Å². The van der Waals surface area contributed by atoms with E-state index >= 15 is 0 Å². The van der Waals surface area contributed by atoms with Crippen molar-refractivity contribution in [1.29, 1.82) is 0 Å². The van der Waals surface area contributed by atoms with Gasteiger partial charge in [-0.15, -0.1) is 0 Å². The number of alkyl halides is 3. The van der Waals surface area contributed by atoms with Crippen LogP contribution in [-0.2, 0) is 22.3 Å². The van der Waals surface area contributed by atoms with Gasteiger partial charge in [0.1, 0.15) is 0 Å². The zero-order chi connectivity index (χ0) is 31.4. The second-order valence-electron chi connectivity index (χ2n) is 10.6. The van der Waals surface area contributed by atoms with Crippen LogP contribution in [0.25, 0.3) is 11.1 Å². The lowest BCUT2D eigenvalue weighted by Gasteiger charge is -2.30. The molecule has 0 aliphatic heterocycles. The standard InChI is InChI=1S/C34H39F3N2O4/c1-3-5-6-7-8-9-22-38-31(40)28-16-14-26(15-17-28)25-12-10-24(11-13-25)23-39(32(41)33(42)43)30(4-2)27-18-20-29(21-19-27)34(35,36)37/h10-21,30H,3-9,22-23H2,1-2H3,(H,38,40)(H,42,43). The Labute approximate surface area is 250 Å². The highest BCUT2D eigenvalue weighted by atomic mass is 19.4. The van der Waals surface area contributed by atoms with E-state index in [2.05, 4.69) is 12.2 Å². The minimum atomic E-state index is -4.50. The predicted molar refractivity (Wildman–Crippen MR) is 160 cm³/mol. The molecule has 2 amide bonds. The van der Waals surface area contributed by atoms with Gasteiger partial charge in [0.05, 0.1) is 11.6 Å². The smallest absolute Gasteiger partial charge is 0.416 e. The molecule has 0 heterocycles. The van der Waals surface area contributed by atoms with Crippen LogP contribution in [0.4, 0.5) is 13.2 Å². The lowest BCUT2D eigenvalue weighted by Crippen LogP contribution is -2.38. The van der Waals surface area contributed by atoms with E-state index in [-0.39, 0.29) is 12.5 Å². The topological polar surface area (TPSA) is 86.7 Å². The second kappa shape index (κ2) is 15.9. The molecule has 230 valence electrons. The molecule has 1 unspecified atom stereocenters. The first-order chi connectivity index (χ1) is 20.5. The largest absolute Gasteiger partial charge is 0.474 e. The second-order valence-corrected chi connectivity index (χ2v) is 10.6. The highest BCUT2D eigenvalue weighted by Gasteiger charge is 2.32. The highest BCUT2D eigenvalue weighted by Crippen LogP contribution is 2.32. The number of amides is 2. The van der Waals surface area contributed by atoms with E-state index in [9.17, 15) is 32.7 Å². The van der Waals surface area contributed by atoms with Crippen LogP contribution in [0.2, 0.25) is 0 Å². The Morgan fingerprint density at radius 3 is 1.88 bits per heavy atom. The average molecular weight is 597 g/mol. The molecule has 6 nitrogen and oxygen atoms in total. The Morgan fingerprint density at radius 1 is 0.791 bits per heavy atom. The van der Waals surface area contributed by atoms with Crippen molar-refractivity contribution in [3.63, 3.8) is 0 Å². The van der Waals surface area contributed by atoms with Crippen LogP contribution in [0.1, 0.15) is 91.9 Å². The van der Waals surface area contributed by atoms with E-state index in [1.807, 2.05) is 24.3 Å². The van der Waals surface area contributed by atoms with Crippen LogP contribution in [0.5, 0.6) is 0 Å². The van der Waals surface area contributed by atoms with E-state index in [0.717, 1.165) is 36.1 Å². The van der Waals surface area contributed by atoms with Gasteiger partial charge in [-0.05, 0) is 59.4 Å². The highest BCUT2D eigenvalue weighted by molar-refractivity contribution is 6.31. The summed E-state index contributed by atoms with van der Waals surface area (Å²) in [6.45, 7) is 4.53. The molecule has 3 aromatic carbocycles.